The second-order valence-electron chi connectivity index (χ2n) is 7.43. The van der Waals surface area contributed by atoms with E-state index in [-0.39, 0.29) is 6.10 Å². The molecule has 3 nitrogen and oxygen atoms in total. The lowest BCUT2D eigenvalue weighted by atomic mass is 9.76. The average Bonchev–Trinajstić information content (AvgIpc) is 3.08. The molecule has 0 amide bonds. The Bertz CT molecular complexity index is 524. The molecule has 0 aromatic heterocycles. The van der Waals surface area contributed by atoms with Crippen LogP contribution >= 0.6 is 0 Å². The van der Waals surface area contributed by atoms with Crippen LogP contribution in [-0.2, 0) is 14.9 Å². The molecule has 1 saturated heterocycles. The molecular formula is C20H28O3. The van der Waals surface area contributed by atoms with Gasteiger partial charge in [-0.2, -0.15) is 0 Å². The summed E-state index contributed by atoms with van der Waals surface area (Å²) in [6.07, 6.45) is 9.18. The van der Waals surface area contributed by atoms with Gasteiger partial charge in [0, 0.05) is 6.61 Å². The zero-order valence-corrected chi connectivity index (χ0v) is 14.1. The fraction of sp³-hybridized carbons (Fsp3) is 0.650. The molecule has 1 aromatic carbocycles. The fourth-order valence-electron chi connectivity index (χ4n) is 4.15. The molecule has 1 aliphatic carbocycles. The number of benzene rings is 1. The van der Waals surface area contributed by atoms with E-state index in [1.165, 1.54) is 37.7 Å². The summed E-state index contributed by atoms with van der Waals surface area (Å²) < 4.78 is 5.68. The van der Waals surface area contributed by atoms with Crippen molar-refractivity contribution in [1.29, 1.82) is 0 Å². The molecule has 0 radical (unpaired) electrons. The van der Waals surface area contributed by atoms with Gasteiger partial charge in [0.25, 0.3) is 0 Å². The lowest BCUT2D eigenvalue weighted by Gasteiger charge is -2.29. The number of carboxylic acid groups (broad SMARTS) is 1. The minimum atomic E-state index is -0.861. The van der Waals surface area contributed by atoms with Gasteiger partial charge in [0.1, 0.15) is 0 Å². The minimum absolute atomic E-state index is 0.0779. The molecule has 2 atom stereocenters. The van der Waals surface area contributed by atoms with Gasteiger partial charge in [-0.3, -0.25) is 4.79 Å². The smallest absolute Gasteiger partial charge is 0.313 e. The van der Waals surface area contributed by atoms with Crippen LogP contribution in [0.2, 0.25) is 0 Å². The summed E-state index contributed by atoms with van der Waals surface area (Å²) in [6, 6.07) is 8.38. The third kappa shape index (κ3) is 3.60. The van der Waals surface area contributed by atoms with Crippen LogP contribution in [0, 0.1) is 0 Å². The highest BCUT2D eigenvalue weighted by Crippen LogP contribution is 2.36. The zero-order valence-electron chi connectivity index (χ0n) is 14.1. The fourth-order valence-corrected chi connectivity index (χ4v) is 4.15. The van der Waals surface area contributed by atoms with Crippen LogP contribution in [0.1, 0.15) is 75.3 Å². The third-order valence-corrected chi connectivity index (χ3v) is 5.76. The maximum Gasteiger partial charge on any atom is 0.313 e. The Morgan fingerprint density at radius 3 is 2.39 bits per heavy atom. The maximum absolute atomic E-state index is 11.9. The first-order valence-electron chi connectivity index (χ1n) is 9.05. The molecule has 3 heteroatoms. The molecule has 3 rings (SSSR count). The topological polar surface area (TPSA) is 46.5 Å². The van der Waals surface area contributed by atoms with Gasteiger partial charge in [0.2, 0.25) is 0 Å². The third-order valence-electron chi connectivity index (χ3n) is 5.76. The van der Waals surface area contributed by atoms with E-state index >= 15 is 0 Å². The zero-order chi connectivity index (χ0) is 16.3. The van der Waals surface area contributed by atoms with Crippen molar-refractivity contribution in [2.75, 3.05) is 6.61 Å². The average molecular weight is 316 g/mol. The van der Waals surface area contributed by atoms with Crippen molar-refractivity contribution in [2.24, 2.45) is 0 Å². The van der Waals surface area contributed by atoms with Crippen LogP contribution < -0.4 is 0 Å². The van der Waals surface area contributed by atoms with E-state index < -0.39 is 11.4 Å². The number of aliphatic carboxylic acids is 1. The Balaban J connectivity index is 1.77. The molecular weight excluding hydrogens is 288 g/mol. The van der Waals surface area contributed by atoms with Gasteiger partial charge in [-0.05, 0) is 56.1 Å². The van der Waals surface area contributed by atoms with Crippen LogP contribution in [0.4, 0.5) is 0 Å². The number of hydrogen-bond acceptors (Lipinski definition) is 2. The van der Waals surface area contributed by atoms with Gasteiger partial charge in [0.15, 0.2) is 0 Å². The van der Waals surface area contributed by atoms with Crippen molar-refractivity contribution < 1.29 is 14.6 Å². The summed E-state index contributed by atoms with van der Waals surface area (Å²) in [7, 11) is 0. The number of ether oxygens (including phenoxy) is 1. The van der Waals surface area contributed by atoms with Gasteiger partial charge < -0.3 is 9.84 Å². The Labute approximate surface area is 139 Å². The molecule has 23 heavy (non-hydrogen) atoms. The van der Waals surface area contributed by atoms with E-state index in [9.17, 15) is 9.90 Å². The number of carboxylic acids is 1. The summed E-state index contributed by atoms with van der Waals surface area (Å²) >= 11 is 0. The molecule has 126 valence electrons. The van der Waals surface area contributed by atoms with Crippen LogP contribution in [0.3, 0.4) is 0 Å². The molecule has 1 aliphatic heterocycles. The summed E-state index contributed by atoms with van der Waals surface area (Å²) in [5, 5.41) is 9.81. The van der Waals surface area contributed by atoms with Crippen molar-refractivity contribution in [3.63, 3.8) is 0 Å². The second kappa shape index (κ2) is 7.04. The van der Waals surface area contributed by atoms with Crippen LogP contribution in [0.15, 0.2) is 24.3 Å². The SMILES string of the molecule is CC(CC1CCCO1)(C(=O)O)c1ccc(C2CCCCC2)cc1. The summed E-state index contributed by atoms with van der Waals surface area (Å²) in [5.41, 5.74) is 1.42. The van der Waals surface area contributed by atoms with Crippen molar-refractivity contribution in [2.45, 2.75) is 75.7 Å². The maximum atomic E-state index is 11.9. The Kier molecular flexibility index (Phi) is 5.05. The summed E-state index contributed by atoms with van der Waals surface area (Å²) in [4.78, 5) is 11.9. The Morgan fingerprint density at radius 1 is 1.13 bits per heavy atom. The molecule has 2 fully saturated rings. The van der Waals surface area contributed by atoms with E-state index in [1.54, 1.807) is 0 Å². The lowest BCUT2D eigenvalue weighted by Crippen LogP contribution is -2.36. The van der Waals surface area contributed by atoms with E-state index in [4.69, 9.17) is 4.74 Å². The first-order valence-corrected chi connectivity index (χ1v) is 9.05. The highest BCUT2D eigenvalue weighted by Gasteiger charge is 2.38. The van der Waals surface area contributed by atoms with Crippen LogP contribution in [0.25, 0.3) is 0 Å². The van der Waals surface area contributed by atoms with Gasteiger partial charge in [-0.15, -0.1) is 0 Å². The molecule has 0 bridgehead atoms. The molecule has 2 unspecified atom stereocenters. The first-order chi connectivity index (χ1) is 11.1. The van der Waals surface area contributed by atoms with E-state index in [1.807, 2.05) is 19.1 Å². The monoisotopic (exact) mass is 316 g/mol. The van der Waals surface area contributed by atoms with Crippen molar-refractivity contribution in [3.05, 3.63) is 35.4 Å². The van der Waals surface area contributed by atoms with Crippen molar-refractivity contribution in [1.82, 2.24) is 0 Å². The van der Waals surface area contributed by atoms with Crippen LogP contribution in [0.5, 0.6) is 0 Å². The minimum Gasteiger partial charge on any atom is -0.481 e. The highest BCUT2D eigenvalue weighted by atomic mass is 16.5. The van der Waals surface area contributed by atoms with E-state index in [2.05, 4.69) is 12.1 Å². The van der Waals surface area contributed by atoms with Crippen molar-refractivity contribution >= 4 is 5.97 Å². The lowest BCUT2D eigenvalue weighted by molar-refractivity contribution is -0.144. The van der Waals surface area contributed by atoms with Gasteiger partial charge in [-0.25, -0.2) is 0 Å². The van der Waals surface area contributed by atoms with Crippen LogP contribution in [-0.4, -0.2) is 23.8 Å². The molecule has 0 spiro atoms. The number of carbonyl (C=O) groups is 1. The van der Waals surface area contributed by atoms with Gasteiger partial charge in [-0.1, -0.05) is 43.5 Å². The highest BCUT2D eigenvalue weighted by molar-refractivity contribution is 5.81. The Hall–Kier alpha value is -1.35. The largest absolute Gasteiger partial charge is 0.481 e. The first kappa shape index (κ1) is 16.5. The number of rotatable bonds is 5. The van der Waals surface area contributed by atoms with Gasteiger partial charge in [0.05, 0.1) is 11.5 Å². The van der Waals surface area contributed by atoms with E-state index in [0.717, 1.165) is 25.0 Å². The standard InChI is InChI=1S/C20H28O3/c1-20(19(21)22,14-18-8-5-13-23-18)17-11-9-16(10-12-17)15-6-3-2-4-7-15/h9-12,15,18H,2-8,13-14H2,1H3,(H,21,22). The summed E-state index contributed by atoms with van der Waals surface area (Å²) in [5.74, 6) is -0.0922. The predicted octanol–water partition coefficient (Wildman–Crippen LogP) is 4.65. The van der Waals surface area contributed by atoms with Gasteiger partial charge >= 0.3 is 5.97 Å². The van der Waals surface area contributed by atoms with E-state index in [0.29, 0.717) is 12.3 Å². The van der Waals surface area contributed by atoms with Crippen molar-refractivity contribution in [3.8, 4) is 0 Å². The molecule has 2 aliphatic rings. The predicted molar refractivity (Wildman–Crippen MR) is 90.8 cm³/mol. The summed E-state index contributed by atoms with van der Waals surface area (Å²) in [6.45, 7) is 2.60. The Morgan fingerprint density at radius 2 is 1.83 bits per heavy atom. The quantitative estimate of drug-likeness (QED) is 0.860. The second-order valence-corrected chi connectivity index (χ2v) is 7.43. The molecule has 1 aromatic rings. The normalized spacial score (nSPS) is 25.2. The molecule has 1 saturated carbocycles. The molecule has 1 heterocycles. The molecule has 1 N–H and O–H groups in total. The number of hydrogen-bond donors (Lipinski definition) is 1.